The summed E-state index contributed by atoms with van der Waals surface area (Å²) in [4.78, 5) is 16.9. The first-order valence-corrected chi connectivity index (χ1v) is 7.36. The van der Waals surface area contributed by atoms with Gasteiger partial charge in [0, 0.05) is 15.6 Å². The van der Waals surface area contributed by atoms with E-state index in [4.69, 9.17) is 4.74 Å². The van der Waals surface area contributed by atoms with Crippen LogP contribution in [0.5, 0.6) is 0 Å². The molecule has 19 heavy (non-hydrogen) atoms. The second kappa shape index (κ2) is 6.73. The summed E-state index contributed by atoms with van der Waals surface area (Å²) in [6.07, 6.45) is 1.62. The summed E-state index contributed by atoms with van der Waals surface area (Å²) < 4.78 is 5.98. The fourth-order valence-corrected chi connectivity index (χ4v) is 2.88. The Balaban J connectivity index is 2.17. The van der Waals surface area contributed by atoms with Crippen molar-refractivity contribution < 1.29 is 9.53 Å². The Morgan fingerprint density at radius 1 is 1.37 bits per heavy atom. The molecule has 98 valence electrons. The number of aromatic nitrogens is 1. The van der Waals surface area contributed by atoms with Gasteiger partial charge in [-0.2, -0.15) is 0 Å². The Morgan fingerprint density at radius 2 is 2.21 bits per heavy atom. The lowest BCUT2D eigenvalue weighted by Gasteiger charge is -2.04. The van der Waals surface area contributed by atoms with E-state index in [9.17, 15) is 4.79 Å². The number of hydrogen-bond donors (Lipinski definition) is 0. The molecule has 2 aromatic rings. The molecule has 1 aromatic carbocycles. The van der Waals surface area contributed by atoms with E-state index in [1.807, 2.05) is 24.3 Å². The number of esters is 1. The maximum atomic E-state index is 11.6. The highest BCUT2D eigenvalue weighted by Gasteiger charge is 2.08. The quantitative estimate of drug-likeness (QED) is 0.785. The molecule has 3 nitrogen and oxygen atoms in total. The second-order valence-electron chi connectivity index (χ2n) is 3.66. The van der Waals surface area contributed by atoms with Crippen molar-refractivity contribution in [2.75, 3.05) is 6.61 Å². The van der Waals surface area contributed by atoms with Crippen molar-refractivity contribution in [3.63, 3.8) is 0 Å². The zero-order valence-corrected chi connectivity index (χ0v) is 12.7. The average molecular weight is 338 g/mol. The van der Waals surface area contributed by atoms with Crippen LogP contribution in [0.3, 0.4) is 0 Å². The number of halogens is 1. The van der Waals surface area contributed by atoms with Crippen LogP contribution in [0, 0.1) is 0 Å². The standard InChI is InChI=1S/C14H12BrNO2S/c1-2-18-14(17)10-6-7-16-13(8-10)19-12-5-3-4-11(15)9-12/h3-9H,2H2,1H3. The summed E-state index contributed by atoms with van der Waals surface area (Å²) in [6, 6.07) is 11.3. The summed E-state index contributed by atoms with van der Waals surface area (Å²) in [5.74, 6) is -0.319. The van der Waals surface area contributed by atoms with Gasteiger partial charge in [0.15, 0.2) is 0 Å². The monoisotopic (exact) mass is 337 g/mol. The third kappa shape index (κ3) is 4.08. The molecule has 1 aromatic heterocycles. The van der Waals surface area contributed by atoms with E-state index < -0.39 is 0 Å². The van der Waals surface area contributed by atoms with Crippen molar-refractivity contribution in [2.24, 2.45) is 0 Å². The summed E-state index contributed by atoms with van der Waals surface area (Å²) in [5, 5.41) is 0.767. The smallest absolute Gasteiger partial charge is 0.338 e. The minimum atomic E-state index is -0.319. The third-order valence-electron chi connectivity index (χ3n) is 2.26. The van der Waals surface area contributed by atoms with Crippen LogP contribution in [-0.4, -0.2) is 17.6 Å². The maximum absolute atomic E-state index is 11.6. The Kier molecular flexibility index (Phi) is 4.99. The van der Waals surface area contributed by atoms with Gasteiger partial charge in [-0.25, -0.2) is 9.78 Å². The zero-order valence-electron chi connectivity index (χ0n) is 10.3. The fourth-order valence-electron chi connectivity index (χ4n) is 1.46. The van der Waals surface area contributed by atoms with Crippen molar-refractivity contribution in [3.05, 3.63) is 52.6 Å². The lowest BCUT2D eigenvalue weighted by Crippen LogP contribution is -2.04. The van der Waals surface area contributed by atoms with Gasteiger partial charge in [0.25, 0.3) is 0 Å². The Morgan fingerprint density at radius 3 is 2.95 bits per heavy atom. The highest BCUT2D eigenvalue weighted by atomic mass is 79.9. The average Bonchev–Trinajstić information content (AvgIpc) is 2.39. The minimum absolute atomic E-state index is 0.319. The minimum Gasteiger partial charge on any atom is -0.462 e. The first-order chi connectivity index (χ1) is 9.19. The van der Waals surface area contributed by atoms with Gasteiger partial charge in [-0.3, -0.25) is 0 Å². The molecule has 0 saturated heterocycles. The molecule has 5 heteroatoms. The number of benzene rings is 1. The molecule has 0 spiro atoms. The van der Waals surface area contributed by atoms with Crippen molar-refractivity contribution in [1.82, 2.24) is 4.98 Å². The van der Waals surface area contributed by atoms with Gasteiger partial charge in [-0.1, -0.05) is 33.8 Å². The van der Waals surface area contributed by atoms with Crippen LogP contribution < -0.4 is 0 Å². The molecule has 0 aliphatic heterocycles. The van der Waals surface area contributed by atoms with Crippen LogP contribution in [0.1, 0.15) is 17.3 Å². The van der Waals surface area contributed by atoms with E-state index in [0.717, 1.165) is 14.4 Å². The maximum Gasteiger partial charge on any atom is 0.338 e. The number of ether oxygens (including phenoxy) is 1. The molecule has 0 amide bonds. The first-order valence-electron chi connectivity index (χ1n) is 5.75. The predicted molar refractivity (Wildman–Crippen MR) is 78.5 cm³/mol. The van der Waals surface area contributed by atoms with Crippen LogP contribution in [0.15, 0.2) is 57.0 Å². The molecule has 2 rings (SSSR count). The van der Waals surface area contributed by atoms with E-state index >= 15 is 0 Å². The molecule has 0 bridgehead atoms. The van der Waals surface area contributed by atoms with Crippen molar-refractivity contribution in [2.45, 2.75) is 16.8 Å². The number of nitrogens with zero attached hydrogens (tertiary/aromatic N) is 1. The Hall–Kier alpha value is -1.33. The van der Waals surface area contributed by atoms with Crippen molar-refractivity contribution in [3.8, 4) is 0 Å². The molecule has 0 fully saturated rings. The van der Waals surface area contributed by atoms with Crippen LogP contribution in [0.25, 0.3) is 0 Å². The van der Waals surface area contributed by atoms with Gasteiger partial charge < -0.3 is 4.74 Å². The number of pyridine rings is 1. The molecular weight excluding hydrogens is 326 g/mol. The Labute approximate surface area is 124 Å². The molecule has 1 heterocycles. The van der Waals surface area contributed by atoms with Crippen LogP contribution in [0.4, 0.5) is 0 Å². The number of hydrogen-bond acceptors (Lipinski definition) is 4. The highest BCUT2D eigenvalue weighted by molar-refractivity contribution is 9.10. The van der Waals surface area contributed by atoms with E-state index in [0.29, 0.717) is 12.2 Å². The van der Waals surface area contributed by atoms with Gasteiger partial charge in [-0.05, 0) is 37.3 Å². The van der Waals surface area contributed by atoms with Gasteiger partial charge >= 0.3 is 5.97 Å². The molecule has 0 atom stereocenters. The van der Waals surface area contributed by atoms with E-state index in [1.54, 1.807) is 25.3 Å². The summed E-state index contributed by atoms with van der Waals surface area (Å²) in [5.41, 5.74) is 0.523. The largest absolute Gasteiger partial charge is 0.462 e. The second-order valence-corrected chi connectivity index (χ2v) is 5.67. The molecular formula is C14H12BrNO2S. The van der Waals surface area contributed by atoms with Crippen molar-refractivity contribution in [1.29, 1.82) is 0 Å². The van der Waals surface area contributed by atoms with Crippen LogP contribution >= 0.6 is 27.7 Å². The fraction of sp³-hybridized carbons (Fsp3) is 0.143. The predicted octanol–water partition coefficient (Wildman–Crippen LogP) is 4.17. The van der Waals surface area contributed by atoms with E-state index in [1.165, 1.54) is 11.8 Å². The Bertz CT molecular complexity index is 589. The number of carbonyl (C=O) groups is 1. The van der Waals surface area contributed by atoms with E-state index in [2.05, 4.69) is 20.9 Å². The lowest BCUT2D eigenvalue weighted by molar-refractivity contribution is 0.0526. The number of rotatable bonds is 4. The van der Waals surface area contributed by atoms with Crippen molar-refractivity contribution >= 4 is 33.7 Å². The first kappa shape index (κ1) is 14.1. The summed E-state index contributed by atoms with van der Waals surface area (Å²) >= 11 is 4.93. The SMILES string of the molecule is CCOC(=O)c1ccnc(Sc2cccc(Br)c2)c1. The third-order valence-corrected chi connectivity index (χ3v) is 3.68. The molecule has 0 aliphatic carbocycles. The molecule has 0 N–H and O–H groups in total. The summed E-state index contributed by atoms with van der Waals surface area (Å²) in [7, 11) is 0. The molecule has 0 aliphatic rings. The van der Waals surface area contributed by atoms with Gasteiger partial charge in [0.1, 0.15) is 5.03 Å². The molecule has 0 radical (unpaired) electrons. The molecule has 0 saturated carbocycles. The van der Waals surface area contributed by atoms with Gasteiger partial charge in [0.05, 0.1) is 12.2 Å². The van der Waals surface area contributed by atoms with Crippen LogP contribution in [-0.2, 0) is 4.74 Å². The van der Waals surface area contributed by atoms with Crippen LogP contribution in [0.2, 0.25) is 0 Å². The topological polar surface area (TPSA) is 39.2 Å². The molecule has 0 unspecified atom stereocenters. The highest BCUT2D eigenvalue weighted by Crippen LogP contribution is 2.28. The van der Waals surface area contributed by atoms with E-state index in [-0.39, 0.29) is 5.97 Å². The van der Waals surface area contributed by atoms with Gasteiger partial charge in [-0.15, -0.1) is 0 Å². The normalized spacial score (nSPS) is 10.2. The zero-order chi connectivity index (χ0) is 13.7. The number of carbonyl (C=O) groups excluding carboxylic acids is 1. The summed E-state index contributed by atoms with van der Waals surface area (Å²) in [6.45, 7) is 2.16. The van der Waals surface area contributed by atoms with Gasteiger partial charge in [0.2, 0.25) is 0 Å². The lowest BCUT2D eigenvalue weighted by atomic mass is 10.3.